The van der Waals surface area contributed by atoms with Crippen LogP contribution < -0.4 is 14.2 Å². The molecule has 0 N–H and O–H groups in total. The zero-order valence-electron chi connectivity index (χ0n) is 21.4. The second kappa shape index (κ2) is 11.1. The maximum atomic E-state index is 7.04. The van der Waals surface area contributed by atoms with Gasteiger partial charge in [-0.2, -0.15) is 0 Å². The van der Waals surface area contributed by atoms with E-state index in [4.69, 9.17) is 11.8 Å². The average Bonchev–Trinajstić information content (AvgIpc) is 2.89. The molecule has 0 heterocycles. The van der Waals surface area contributed by atoms with Gasteiger partial charge in [0.25, 0.3) is 0 Å². The molecule has 0 amide bonds. The van der Waals surface area contributed by atoms with Crippen LogP contribution in [-0.4, -0.2) is 23.0 Å². The van der Waals surface area contributed by atoms with Crippen molar-refractivity contribution >= 4 is 50.6 Å². The van der Waals surface area contributed by atoms with Crippen molar-refractivity contribution in [2.75, 3.05) is 0 Å². The minimum atomic E-state index is -2.50. The fraction of sp³-hybridized carbons (Fsp3) is 0.226. The molecule has 1 nitrogen and oxygen atoms in total. The summed E-state index contributed by atoms with van der Waals surface area (Å²) >= 11 is 4.54. The molecule has 35 heavy (non-hydrogen) atoms. The molecule has 0 saturated carbocycles. The fourth-order valence-electron chi connectivity index (χ4n) is 4.99. The molecule has 0 aliphatic rings. The van der Waals surface area contributed by atoms with E-state index in [0.717, 1.165) is 0 Å². The summed E-state index contributed by atoms with van der Waals surface area (Å²) in [6, 6.07) is 42.1. The maximum absolute atomic E-state index is 7.04. The summed E-state index contributed by atoms with van der Waals surface area (Å²) in [5, 5.41) is 2.65. The first kappa shape index (κ1) is 26.4. The van der Waals surface area contributed by atoms with E-state index in [1.807, 2.05) is 0 Å². The molecule has 0 spiro atoms. The van der Waals surface area contributed by atoms with Gasteiger partial charge in [-0.3, -0.25) is 0 Å². The Hall–Kier alpha value is -1.71. The Morgan fingerprint density at radius 3 is 1.46 bits per heavy atom. The van der Waals surface area contributed by atoms with Crippen molar-refractivity contribution in [3.05, 3.63) is 126 Å². The molecule has 0 bridgehead atoms. The van der Waals surface area contributed by atoms with Gasteiger partial charge in [-0.25, -0.2) is 0 Å². The van der Waals surface area contributed by atoms with Gasteiger partial charge in [-0.15, -0.1) is 0 Å². The Bertz CT molecular complexity index is 1240. The van der Waals surface area contributed by atoms with E-state index >= 15 is 0 Å². The van der Waals surface area contributed by atoms with Crippen LogP contribution in [0, 0.1) is 0 Å². The fourth-order valence-corrected chi connectivity index (χ4v) is 18.4. The van der Waals surface area contributed by atoms with Crippen LogP contribution in [0.1, 0.15) is 37.1 Å². The van der Waals surface area contributed by atoms with Crippen LogP contribution in [0.4, 0.5) is 0 Å². The van der Waals surface area contributed by atoms with Gasteiger partial charge >= 0.3 is 222 Å². The van der Waals surface area contributed by atoms with Gasteiger partial charge in [0.05, 0.1) is 0 Å². The molecule has 180 valence electrons. The van der Waals surface area contributed by atoms with Crippen molar-refractivity contribution in [2.24, 2.45) is 0 Å². The Labute approximate surface area is 221 Å². The minimum absolute atomic E-state index is 0.153. The third-order valence-electron chi connectivity index (χ3n) is 6.83. The van der Waals surface area contributed by atoms with E-state index in [1.54, 1.807) is 3.58 Å². The first-order chi connectivity index (χ1) is 16.7. The second-order valence-electron chi connectivity index (χ2n) is 10.2. The Morgan fingerprint density at radius 2 is 1.00 bits per heavy atom. The van der Waals surface area contributed by atoms with Crippen LogP contribution in [0.25, 0.3) is 0 Å². The predicted octanol–water partition coefficient (Wildman–Crippen LogP) is 7.40. The molecular weight excluding hydrogens is 568 g/mol. The van der Waals surface area contributed by atoms with E-state index in [2.05, 4.69) is 149 Å². The normalized spacial score (nSPS) is 15.4. The zero-order valence-corrected chi connectivity index (χ0v) is 26.0. The molecule has 4 aromatic carbocycles. The van der Waals surface area contributed by atoms with Gasteiger partial charge in [0.2, 0.25) is 0 Å². The molecule has 4 aromatic rings. The van der Waals surface area contributed by atoms with Gasteiger partial charge in [0, 0.05) is 0 Å². The molecule has 4 heteroatoms. The molecule has 0 saturated heterocycles. The number of hydrogen-bond donors (Lipinski definition) is 0. The first-order valence-electron chi connectivity index (χ1n) is 12.4. The standard InChI is InChI=1S/C28H27NPS.3CH3.Sn/c1-23(25-15-7-3-8-16-25)29(24(2)26-17-9-4-10-18-26)30(31,27-19-11-5-12-20-27)28-21-13-6-14-22-28;;;;/h3-21,23-24H,1-2H3;3*1H3;/t23-,24-,30?;;;;/m0..../s1. The molecule has 1 unspecified atom stereocenters. The zero-order chi connectivity index (χ0) is 25.1. The van der Waals surface area contributed by atoms with Crippen molar-refractivity contribution in [3.8, 4) is 0 Å². The van der Waals surface area contributed by atoms with Crippen molar-refractivity contribution in [2.45, 2.75) is 40.8 Å². The monoisotopic (exact) mass is 605 g/mol. The molecular formula is C31H36NPSSn. The van der Waals surface area contributed by atoms with Crippen LogP contribution in [0.3, 0.4) is 0 Å². The van der Waals surface area contributed by atoms with Crippen LogP contribution in [0.5, 0.6) is 0 Å². The average molecular weight is 604 g/mol. The van der Waals surface area contributed by atoms with Crippen molar-refractivity contribution in [1.82, 2.24) is 4.67 Å². The van der Waals surface area contributed by atoms with Crippen molar-refractivity contribution < 1.29 is 0 Å². The van der Waals surface area contributed by atoms with Crippen LogP contribution >= 0.6 is 6.19 Å². The molecule has 3 atom stereocenters. The molecule has 0 aromatic heterocycles. The van der Waals surface area contributed by atoms with Gasteiger partial charge in [0.1, 0.15) is 0 Å². The first-order valence-corrected chi connectivity index (χ1v) is 25.1. The molecule has 0 aliphatic heterocycles. The molecule has 0 radical (unpaired) electrons. The summed E-state index contributed by atoms with van der Waals surface area (Å²) in [7, 11) is 0. The van der Waals surface area contributed by atoms with E-state index in [1.165, 1.54) is 21.7 Å². The van der Waals surface area contributed by atoms with E-state index in [9.17, 15) is 0 Å². The van der Waals surface area contributed by atoms with Crippen molar-refractivity contribution in [3.63, 3.8) is 0 Å². The second-order valence-corrected chi connectivity index (χ2v) is 28.8. The Balaban J connectivity index is 2.05. The van der Waals surface area contributed by atoms with Gasteiger partial charge < -0.3 is 0 Å². The summed E-state index contributed by atoms with van der Waals surface area (Å²) in [6.07, 6.45) is -2.39. The van der Waals surface area contributed by atoms with E-state index in [-0.39, 0.29) is 12.1 Å². The topological polar surface area (TPSA) is 3.24 Å². The van der Waals surface area contributed by atoms with Crippen molar-refractivity contribution in [1.29, 1.82) is 0 Å². The summed E-state index contributed by atoms with van der Waals surface area (Å²) in [4.78, 5) is 7.51. The summed E-state index contributed by atoms with van der Waals surface area (Å²) in [6.45, 7) is 4.67. The van der Waals surface area contributed by atoms with Gasteiger partial charge in [0.15, 0.2) is 0 Å². The Morgan fingerprint density at radius 1 is 0.600 bits per heavy atom. The predicted molar refractivity (Wildman–Crippen MR) is 161 cm³/mol. The number of nitrogens with zero attached hydrogens (tertiary/aromatic N) is 1. The van der Waals surface area contributed by atoms with Gasteiger partial charge in [-0.05, 0) is 0 Å². The Kier molecular flexibility index (Phi) is 8.38. The molecule has 0 fully saturated rings. The van der Waals surface area contributed by atoms with E-state index < -0.39 is 24.6 Å². The van der Waals surface area contributed by atoms with Gasteiger partial charge in [-0.1, -0.05) is 0 Å². The summed E-state index contributed by atoms with van der Waals surface area (Å²) in [5.74, 6) is 0. The van der Waals surface area contributed by atoms with Crippen LogP contribution in [0.15, 0.2) is 115 Å². The van der Waals surface area contributed by atoms with Crippen LogP contribution in [-0.2, 0) is 11.8 Å². The number of benzene rings is 4. The molecule has 0 aliphatic carbocycles. The summed E-state index contributed by atoms with van der Waals surface area (Å²) < 4.78 is 4.22. The SMILES string of the molecule is C[C@@H](c1ccccc1)N([C@@H](C)c1ccccc1)P(=S)(c1ccccc1)c1cccc[c]1[Sn]([CH3])([CH3])[CH3]. The van der Waals surface area contributed by atoms with Crippen LogP contribution in [0.2, 0.25) is 14.8 Å². The molecule has 4 rings (SSSR count). The van der Waals surface area contributed by atoms with E-state index in [0.29, 0.717) is 0 Å². The summed E-state index contributed by atoms with van der Waals surface area (Å²) in [5.41, 5.74) is 2.61. The number of hydrogen-bond acceptors (Lipinski definition) is 1. The third-order valence-corrected chi connectivity index (χ3v) is 18.5. The third kappa shape index (κ3) is 5.51. The number of rotatable bonds is 8. The quantitative estimate of drug-likeness (QED) is 0.152.